The van der Waals surface area contributed by atoms with Gasteiger partial charge in [-0.25, -0.2) is 0 Å². The summed E-state index contributed by atoms with van der Waals surface area (Å²) in [5.74, 6) is -0.186. The minimum Gasteiger partial charge on any atom is -0.377 e. The van der Waals surface area contributed by atoms with Gasteiger partial charge in [-0.2, -0.15) is 0 Å². The van der Waals surface area contributed by atoms with E-state index in [1.54, 1.807) is 14.0 Å². The van der Waals surface area contributed by atoms with Crippen molar-refractivity contribution in [1.82, 2.24) is 10.2 Å². The summed E-state index contributed by atoms with van der Waals surface area (Å²) in [6, 6.07) is 9.68. The smallest absolute Gasteiger partial charge is 0.253 e. The van der Waals surface area contributed by atoms with E-state index in [-0.39, 0.29) is 5.91 Å². The summed E-state index contributed by atoms with van der Waals surface area (Å²) in [4.78, 5) is 12.0. The summed E-state index contributed by atoms with van der Waals surface area (Å²) in [5, 5.41) is 11.7. The second kappa shape index (κ2) is 6.93. The third-order valence-electron chi connectivity index (χ3n) is 2.50. The van der Waals surface area contributed by atoms with Gasteiger partial charge in [-0.1, -0.05) is 41.7 Å². The highest BCUT2D eigenvalue weighted by Gasteiger charge is 2.09. The number of amides is 1. The molecule has 5 nitrogen and oxygen atoms in total. The van der Waals surface area contributed by atoms with Crippen LogP contribution < -0.4 is 5.32 Å². The third kappa shape index (κ3) is 3.97. The van der Waals surface area contributed by atoms with Crippen LogP contribution in [0.4, 0.5) is 5.13 Å². The van der Waals surface area contributed by atoms with Crippen LogP contribution in [0.3, 0.4) is 0 Å². The van der Waals surface area contributed by atoms with Crippen LogP contribution in [0.15, 0.2) is 35.9 Å². The van der Waals surface area contributed by atoms with Gasteiger partial charge in [0.25, 0.3) is 5.91 Å². The van der Waals surface area contributed by atoms with Gasteiger partial charge in [0.15, 0.2) is 0 Å². The number of benzene rings is 1. The third-order valence-corrected chi connectivity index (χ3v) is 3.31. The van der Waals surface area contributed by atoms with Crippen molar-refractivity contribution in [2.45, 2.75) is 13.5 Å². The molecule has 0 aliphatic carbocycles. The van der Waals surface area contributed by atoms with Gasteiger partial charge >= 0.3 is 0 Å². The second-order valence-corrected chi connectivity index (χ2v) is 5.19. The number of hydrogen-bond donors (Lipinski definition) is 1. The Morgan fingerprint density at radius 1 is 1.35 bits per heavy atom. The normalized spacial score (nSPS) is 11.4. The molecule has 6 heteroatoms. The summed E-state index contributed by atoms with van der Waals surface area (Å²) >= 11 is 1.30. The van der Waals surface area contributed by atoms with E-state index in [1.165, 1.54) is 11.3 Å². The average Bonchev–Trinajstić information content (AvgIpc) is 2.87. The number of rotatable bonds is 5. The lowest BCUT2D eigenvalue weighted by Crippen LogP contribution is -2.12. The standard InChI is InChI=1S/C14H15N3O2S/c1-10(8-11-6-4-3-5-7-11)13(18)15-14-17-16-12(20-14)9-19-2/h3-8H,9H2,1-2H3,(H,15,17,18)/b10-8+. The Kier molecular flexibility index (Phi) is 4.97. The van der Waals surface area contributed by atoms with Crippen molar-refractivity contribution >= 4 is 28.5 Å². The SMILES string of the molecule is COCc1nnc(NC(=O)/C(C)=C/c2ccccc2)s1. The van der Waals surface area contributed by atoms with Gasteiger partial charge in [-0.05, 0) is 18.6 Å². The van der Waals surface area contributed by atoms with Gasteiger partial charge in [0.05, 0.1) is 0 Å². The molecule has 0 saturated heterocycles. The topological polar surface area (TPSA) is 64.1 Å². The number of carbonyl (C=O) groups is 1. The molecule has 0 unspecified atom stereocenters. The van der Waals surface area contributed by atoms with Crippen molar-refractivity contribution in [2.24, 2.45) is 0 Å². The van der Waals surface area contributed by atoms with Crippen LogP contribution in [0, 0.1) is 0 Å². The summed E-state index contributed by atoms with van der Waals surface area (Å²) in [6.07, 6.45) is 1.83. The molecule has 0 saturated carbocycles. The zero-order valence-corrected chi connectivity index (χ0v) is 12.1. The van der Waals surface area contributed by atoms with E-state index in [0.717, 1.165) is 10.6 Å². The molecule has 2 aromatic rings. The zero-order chi connectivity index (χ0) is 14.4. The Labute approximate surface area is 121 Å². The number of anilines is 1. The number of methoxy groups -OCH3 is 1. The molecular weight excluding hydrogens is 274 g/mol. The lowest BCUT2D eigenvalue weighted by atomic mass is 10.1. The Morgan fingerprint density at radius 3 is 2.80 bits per heavy atom. The van der Waals surface area contributed by atoms with Crippen molar-refractivity contribution in [1.29, 1.82) is 0 Å². The molecular formula is C14H15N3O2S. The van der Waals surface area contributed by atoms with E-state index in [1.807, 2.05) is 36.4 Å². The Hall–Kier alpha value is -2.05. The molecule has 0 aliphatic heterocycles. The molecule has 1 heterocycles. The molecule has 0 radical (unpaired) electrons. The fourth-order valence-corrected chi connectivity index (χ4v) is 2.25. The lowest BCUT2D eigenvalue weighted by Gasteiger charge is -2.01. The van der Waals surface area contributed by atoms with Crippen LogP contribution in [0.2, 0.25) is 0 Å². The number of aromatic nitrogens is 2. The van der Waals surface area contributed by atoms with Crippen molar-refractivity contribution in [3.8, 4) is 0 Å². The number of nitrogens with one attached hydrogen (secondary N) is 1. The Balaban J connectivity index is 2.02. The van der Waals surface area contributed by atoms with Crippen molar-refractivity contribution in [2.75, 3.05) is 12.4 Å². The summed E-state index contributed by atoms with van der Waals surface area (Å²) < 4.78 is 4.96. The first-order valence-corrected chi connectivity index (χ1v) is 6.86. The van der Waals surface area contributed by atoms with Gasteiger partial charge in [0.2, 0.25) is 5.13 Å². The number of nitrogens with zero attached hydrogens (tertiary/aromatic N) is 2. The molecule has 0 fully saturated rings. The molecule has 0 spiro atoms. The summed E-state index contributed by atoms with van der Waals surface area (Å²) in [6.45, 7) is 2.16. The second-order valence-electron chi connectivity index (χ2n) is 4.13. The van der Waals surface area contributed by atoms with Crippen molar-refractivity contribution < 1.29 is 9.53 Å². The maximum atomic E-state index is 12.0. The quantitative estimate of drug-likeness (QED) is 0.860. The highest BCUT2D eigenvalue weighted by atomic mass is 32.1. The first kappa shape index (κ1) is 14.4. The monoisotopic (exact) mass is 289 g/mol. The van der Waals surface area contributed by atoms with E-state index in [4.69, 9.17) is 4.74 Å². The van der Waals surface area contributed by atoms with E-state index in [2.05, 4.69) is 15.5 Å². The number of carbonyl (C=O) groups excluding carboxylic acids is 1. The van der Waals surface area contributed by atoms with Crippen LogP contribution in [-0.2, 0) is 16.1 Å². The maximum absolute atomic E-state index is 12.0. The van der Waals surface area contributed by atoms with Crippen LogP contribution >= 0.6 is 11.3 Å². The van der Waals surface area contributed by atoms with Crippen LogP contribution in [0.5, 0.6) is 0 Å². The molecule has 1 aromatic heterocycles. The minimum atomic E-state index is -0.186. The molecule has 104 valence electrons. The largest absolute Gasteiger partial charge is 0.377 e. The predicted molar refractivity (Wildman–Crippen MR) is 79.3 cm³/mol. The molecule has 1 amide bonds. The fourth-order valence-electron chi connectivity index (χ4n) is 1.55. The van der Waals surface area contributed by atoms with Gasteiger partial charge in [0, 0.05) is 12.7 Å². The molecule has 20 heavy (non-hydrogen) atoms. The van der Waals surface area contributed by atoms with E-state index < -0.39 is 0 Å². The highest BCUT2D eigenvalue weighted by molar-refractivity contribution is 7.15. The minimum absolute atomic E-state index is 0.186. The Morgan fingerprint density at radius 2 is 2.10 bits per heavy atom. The number of ether oxygens (including phenoxy) is 1. The summed E-state index contributed by atoms with van der Waals surface area (Å²) in [5.41, 5.74) is 1.59. The van der Waals surface area contributed by atoms with Crippen LogP contribution in [0.1, 0.15) is 17.5 Å². The van der Waals surface area contributed by atoms with Gasteiger partial charge in [-0.3, -0.25) is 10.1 Å². The molecule has 1 N–H and O–H groups in total. The van der Waals surface area contributed by atoms with Crippen molar-refractivity contribution in [3.05, 3.63) is 46.5 Å². The van der Waals surface area contributed by atoms with E-state index >= 15 is 0 Å². The average molecular weight is 289 g/mol. The predicted octanol–water partition coefficient (Wildman–Crippen LogP) is 2.73. The highest BCUT2D eigenvalue weighted by Crippen LogP contribution is 2.17. The zero-order valence-electron chi connectivity index (χ0n) is 11.3. The fraction of sp³-hybridized carbons (Fsp3) is 0.214. The molecule has 1 aromatic carbocycles. The summed E-state index contributed by atoms with van der Waals surface area (Å²) in [7, 11) is 1.59. The van der Waals surface area contributed by atoms with Crippen molar-refractivity contribution in [3.63, 3.8) is 0 Å². The van der Waals surface area contributed by atoms with E-state index in [9.17, 15) is 4.79 Å². The van der Waals surface area contributed by atoms with Gasteiger partial charge in [-0.15, -0.1) is 10.2 Å². The molecule has 0 aliphatic rings. The lowest BCUT2D eigenvalue weighted by molar-refractivity contribution is -0.112. The van der Waals surface area contributed by atoms with Crippen LogP contribution in [-0.4, -0.2) is 23.2 Å². The number of hydrogen-bond acceptors (Lipinski definition) is 5. The first-order chi connectivity index (χ1) is 9.69. The molecule has 0 atom stereocenters. The molecule has 0 bridgehead atoms. The van der Waals surface area contributed by atoms with Gasteiger partial charge < -0.3 is 4.74 Å². The maximum Gasteiger partial charge on any atom is 0.253 e. The molecule has 2 rings (SSSR count). The van der Waals surface area contributed by atoms with Crippen LogP contribution in [0.25, 0.3) is 6.08 Å². The Bertz CT molecular complexity index is 608. The van der Waals surface area contributed by atoms with Gasteiger partial charge in [0.1, 0.15) is 11.6 Å². The first-order valence-electron chi connectivity index (χ1n) is 6.05. The van der Waals surface area contributed by atoms with E-state index in [0.29, 0.717) is 17.3 Å².